The van der Waals surface area contributed by atoms with E-state index in [4.69, 9.17) is 14.8 Å². The maximum absolute atomic E-state index is 6.03. The quantitative estimate of drug-likeness (QED) is 0.340. The summed E-state index contributed by atoms with van der Waals surface area (Å²) in [6.07, 6.45) is 0.714. The molecule has 33 heavy (non-hydrogen) atoms. The van der Waals surface area contributed by atoms with Gasteiger partial charge in [-0.05, 0) is 69.0 Å². The highest BCUT2D eigenvalue weighted by Crippen LogP contribution is 2.22. The van der Waals surface area contributed by atoms with Crippen molar-refractivity contribution in [2.24, 2.45) is 0 Å². The summed E-state index contributed by atoms with van der Waals surface area (Å²) in [5, 5.41) is 9.49. The van der Waals surface area contributed by atoms with Crippen molar-refractivity contribution in [3.05, 3.63) is 88.8 Å². The number of ether oxygens (including phenoxy) is 1. The monoisotopic (exact) mass is 443 g/mol. The van der Waals surface area contributed by atoms with Gasteiger partial charge in [0.2, 0.25) is 0 Å². The molecule has 0 radical (unpaired) electrons. The molecule has 0 aliphatic rings. The van der Waals surface area contributed by atoms with Gasteiger partial charge in [-0.25, -0.2) is 9.67 Å². The second kappa shape index (κ2) is 9.61. The van der Waals surface area contributed by atoms with Gasteiger partial charge in [-0.2, -0.15) is 5.10 Å². The highest BCUT2D eigenvalue weighted by Gasteiger charge is 2.18. The van der Waals surface area contributed by atoms with Gasteiger partial charge in [0.05, 0.1) is 17.4 Å². The van der Waals surface area contributed by atoms with E-state index in [1.54, 1.807) is 0 Å². The lowest BCUT2D eigenvalue weighted by Gasteiger charge is -2.15. The third-order valence-corrected chi connectivity index (χ3v) is 5.91. The van der Waals surface area contributed by atoms with Gasteiger partial charge in [0.25, 0.3) is 0 Å². The van der Waals surface area contributed by atoms with Crippen LogP contribution in [-0.2, 0) is 13.0 Å². The van der Waals surface area contributed by atoms with Crippen LogP contribution < -0.4 is 4.74 Å². The Balaban J connectivity index is 1.63. The molecular formula is C27H33N5O. The Morgan fingerprint density at radius 2 is 1.64 bits per heavy atom. The van der Waals surface area contributed by atoms with Gasteiger partial charge in [-0.3, -0.25) is 4.68 Å². The molecule has 0 amide bonds. The highest BCUT2D eigenvalue weighted by molar-refractivity contribution is 5.36. The molecule has 0 saturated heterocycles. The molecule has 0 saturated carbocycles. The Morgan fingerprint density at radius 1 is 0.909 bits per heavy atom. The van der Waals surface area contributed by atoms with Crippen molar-refractivity contribution in [3.8, 4) is 11.4 Å². The molecule has 6 heteroatoms. The summed E-state index contributed by atoms with van der Waals surface area (Å²) in [7, 11) is 0. The van der Waals surface area contributed by atoms with E-state index in [0.717, 1.165) is 34.2 Å². The first-order chi connectivity index (χ1) is 15.8. The molecule has 2 heterocycles. The predicted molar refractivity (Wildman–Crippen MR) is 131 cm³/mol. The van der Waals surface area contributed by atoms with Crippen LogP contribution in [0, 0.1) is 20.8 Å². The fourth-order valence-electron chi connectivity index (χ4n) is 4.10. The number of aryl methyl sites for hydroxylation is 3. The third-order valence-electron chi connectivity index (χ3n) is 5.91. The first kappa shape index (κ1) is 22.8. The van der Waals surface area contributed by atoms with Crippen molar-refractivity contribution < 1.29 is 4.74 Å². The molecule has 0 fully saturated rings. The Morgan fingerprint density at radius 3 is 2.27 bits per heavy atom. The summed E-state index contributed by atoms with van der Waals surface area (Å²) in [6.45, 7) is 13.1. The maximum atomic E-state index is 6.03. The molecule has 1 atom stereocenters. The van der Waals surface area contributed by atoms with Crippen molar-refractivity contribution in [1.82, 2.24) is 24.5 Å². The Kier molecular flexibility index (Phi) is 6.63. The Bertz CT molecular complexity index is 1220. The molecule has 4 rings (SSSR count). The molecule has 0 N–H and O–H groups in total. The Labute approximate surface area is 196 Å². The number of hydrogen-bond donors (Lipinski definition) is 0. The first-order valence-electron chi connectivity index (χ1n) is 11.6. The van der Waals surface area contributed by atoms with Gasteiger partial charge in [0, 0.05) is 12.1 Å². The average Bonchev–Trinajstić information content (AvgIpc) is 3.35. The van der Waals surface area contributed by atoms with Crippen molar-refractivity contribution in [2.45, 2.75) is 66.5 Å². The summed E-state index contributed by atoms with van der Waals surface area (Å²) in [4.78, 5) is 4.88. The van der Waals surface area contributed by atoms with Crippen LogP contribution >= 0.6 is 0 Å². The van der Waals surface area contributed by atoms with Crippen LogP contribution in [0.2, 0.25) is 0 Å². The largest absolute Gasteiger partial charge is 0.485 e. The lowest BCUT2D eigenvalue weighted by molar-refractivity contribution is 0.294. The van der Waals surface area contributed by atoms with Gasteiger partial charge in [0.15, 0.2) is 5.82 Å². The molecule has 0 bridgehead atoms. The minimum Gasteiger partial charge on any atom is -0.485 e. The second-order valence-corrected chi connectivity index (χ2v) is 9.08. The zero-order valence-electron chi connectivity index (χ0n) is 20.4. The number of para-hydroxylation sites is 1. The smallest absolute Gasteiger partial charge is 0.188 e. The molecule has 0 aliphatic carbocycles. The molecule has 2 aromatic carbocycles. The lowest BCUT2D eigenvalue weighted by atomic mass is 10.0. The zero-order chi connectivity index (χ0) is 23.5. The number of benzene rings is 2. The van der Waals surface area contributed by atoms with Gasteiger partial charge < -0.3 is 4.74 Å². The van der Waals surface area contributed by atoms with Crippen LogP contribution in [0.15, 0.2) is 54.6 Å². The molecular weight excluding hydrogens is 410 g/mol. The van der Waals surface area contributed by atoms with E-state index in [1.165, 1.54) is 5.56 Å². The van der Waals surface area contributed by atoms with Crippen molar-refractivity contribution in [2.75, 3.05) is 0 Å². The molecule has 1 unspecified atom stereocenters. The van der Waals surface area contributed by atoms with Gasteiger partial charge in [-0.1, -0.05) is 44.2 Å². The van der Waals surface area contributed by atoms with E-state index in [9.17, 15) is 0 Å². The molecule has 0 spiro atoms. The first-order valence-corrected chi connectivity index (χ1v) is 11.6. The summed E-state index contributed by atoms with van der Waals surface area (Å²) in [5.74, 6) is 2.91. The van der Waals surface area contributed by atoms with Crippen molar-refractivity contribution >= 4 is 0 Å². The topological polar surface area (TPSA) is 57.8 Å². The Hall–Kier alpha value is -3.41. The molecule has 4 aromatic rings. The SMILES string of the molecule is Cc1cc(C)n(C(C)Cc2nc(COc3ccccc3C)nn2-c2ccc(C(C)C)cc2)n1. The number of nitrogens with zero attached hydrogens (tertiary/aromatic N) is 5. The van der Waals surface area contributed by atoms with Crippen LogP contribution in [0.25, 0.3) is 5.69 Å². The summed E-state index contributed by atoms with van der Waals surface area (Å²) in [6, 6.07) is 18.8. The van der Waals surface area contributed by atoms with E-state index >= 15 is 0 Å². The molecule has 6 nitrogen and oxygen atoms in total. The third kappa shape index (κ3) is 5.16. The van der Waals surface area contributed by atoms with E-state index in [0.29, 0.717) is 24.8 Å². The normalized spacial score (nSPS) is 12.3. The molecule has 0 aliphatic heterocycles. The van der Waals surface area contributed by atoms with E-state index in [2.05, 4.69) is 67.8 Å². The summed E-state index contributed by atoms with van der Waals surface area (Å²) in [5.41, 5.74) is 5.58. The highest BCUT2D eigenvalue weighted by atomic mass is 16.5. The van der Waals surface area contributed by atoms with Crippen LogP contribution in [0.5, 0.6) is 5.75 Å². The van der Waals surface area contributed by atoms with Crippen molar-refractivity contribution in [3.63, 3.8) is 0 Å². The fourth-order valence-corrected chi connectivity index (χ4v) is 4.10. The minimum atomic E-state index is 0.154. The number of hydrogen-bond acceptors (Lipinski definition) is 4. The zero-order valence-corrected chi connectivity index (χ0v) is 20.4. The minimum absolute atomic E-state index is 0.154. The fraction of sp³-hybridized carbons (Fsp3) is 0.370. The number of rotatable bonds is 8. The second-order valence-electron chi connectivity index (χ2n) is 9.08. The van der Waals surface area contributed by atoms with Crippen molar-refractivity contribution in [1.29, 1.82) is 0 Å². The van der Waals surface area contributed by atoms with E-state index < -0.39 is 0 Å². The van der Waals surface area contributed by atoms with Gasteiger partial charge >= 0.3 is 0 Å². The van der Waals surface area contributed by atoms with Crippen LogP contribution in [0.4, 0.5) is 0 Å². The van der Waals surface area contributed by atoms with Gasteiger partial charge in [0.1, 0.15) is 18.2 Å². The molecule has 172 valence electrons. The summed E-state index contributed by atoms with van der Waals surface area (Å²) < 4.78 is 10.1. The molecule has 2 aromatic heterocycles. The summed E-state index contributed by atoms with van der Waals surface area (Å²) >= 11 is 0. The maximum Gasteiger partial charge on any atom is 0.188 e. The predicted octanol–water partition coefficient (Wildman–Crippen LogP) is 5.90. The lowest BCUT2D eigenvalue weighted by Crippen LogP contribution is -2.15. The average molecular weight is 444 g/mol. The van der Waals surface area contributed by atoms with E-state index in [-0.39, 0.29) is 6.04 Å². The van der Waals surface area contributed by atoms with E-state index in [1.807, 2.05) is 42.8 Å². The standard InChI is InChI=1S/C27H33N5O/c1-18(2)23-11-13-24(14-12-23)32-27(16-22(6)31-21(5)15-20(4)29-31)28-26(30-32)17-33-25-10-8-7-9-19(25)3/h7-15,18,22H,16-17H2,1-6H3. The van der Waals surface area contributed by atoms with Gasteiger partial charge in [-0.15, -0.1) is 5.10 Å². The van der Waals surface area contributed by atoms with Crippen LogP contribution in [0.1, 0.15) is 66.9 Å². The van der Waals surface area contributed by atoms with Crippen LogP contribution in [0.3, 0.4) is 0 Å². The number of aromatic nitrogens is 5. The van der Waals surface area contributed by atoms with Crippen LogP contribution in [-0.4, -0.2) is 24.5 Å².